The van der Waals surface area contributed by atoms with Crippen LogP contribution in [0.2, 0.25) is 0 Å². The van der Waals surface area contributed by atoms with Crippen molar-refractivity contribution < 1.29 is 9.84 Å². The SMILES string of the molecule is CCNC(C)(CO)COC(C)CC(C)C. The number of nitrogens with one attached hydrogen (secondary N) is 1. The van der Waals surface area contributed by atoms with E-state index >= 15 is 0 Å². The van der Waals surface area contributed by atoms with Gasteiger partial charge in [0.25, 0.3) is 0 Å². The molecule has 0 aliphatic rings. The maximum Gasteiger partial charge on any atom is 0.0671 e. The number of hydrogen-bond donors (Lipinski definition) is 2. The minimum atomic E-state index is -0.306. The van der Waals surface area contributed by atoms with E-state index in [9.17, 15) is 5.11 Å². The van der Waals surface area contributed by atoms with Gasteiger partial charge in [0, 0.05) is 0 Å². The first kappa shape index (κ1) is 14.9. The van der Waals surface area contributed by atoms with Gasteiger partial charge in [-0.15, -0.1) is 0 Å². The first-order valence-electron chi connectivity index (χ1n) is 5.91. The molecule has 0 bridgehead atoms. The van der Waals surface area contributed by atoms with E-state index in [-0.39, 0.29) is 18.2 Å². The maximum absolute atomic E-state index is 9.27. The zero-order valence-electron chi connectivity index (χ0n) is 10.8. The van der Waals surface area contributed by atoms with Crippen molar-refractivity contribution in [2.45, 2.75) is 52.7 Å². The Labute approximate surface area is 94.2 Å². The molecule has 0 saturated carbocycles. The van der Waals surface area contributed by atoms with Gasteiger partial charge in [-0.1, -0.05) is 20.8 Å². The number of likely N-dealkylation sites (N-methyl/N-ethyl adjacent to an activating group) is 1. The predicted molar refractivity (Wildman–Crippen MR) is 64.0 cm³/mol. The minimum absolute atomic E-state index is 0.106. The van der Waals surface area contributed by atoms with Gasteiger partial charge in [0.1, 0.15) is 0 Å². The van der Waals surface area contributed by atoms with Gasteiger partial charge in [0.15, 0.2) is 0 Å². The highest BCUT2D eigenvalue weighted by Crippen LogP contribution is 2.11. The molecule has 0 aromatic heterocycles. The van der Waals surface area contributed by atoms with E-state index in [1.165, 1.54) is 0 Å². The smallest absolute Gasteiger partial charge is 0.0671 e. The molecule has 2 unspecified atom stereocenters. The predicted octanol–water partition coefficient (Wildman–Crippen LogP) is 1.80. The van der Waals surface area contributed by atoms with E-state index in [4.69, 9.17) is 4.74 Å². The van der Waals surface area contributed by atoms with Gasteiger partial charge in [0.05, 0.1) is 24.9 Å². The number of rotatable bonds is 8. The number of aliphatic hydroxyl groups is 1. The van der Waals surface area contributed by atoms with Crippen LogP contribution in [0.3, 0.4) is 0 Å². The van der Waals surface area contributed by atoms with Crippen LogP contribution >= 0.6 is 0 Å². The third-order valence-electron chi connectivity index (χ3n) is 2.44. The van der Waals surface area contributed by atoms with Gasteiger partial charge in [-0.25, -0.2) is 0 Å². The molecular weight excluding hydrogens is 190 g/mol. The van der Waals surface area contributed by atoms with Crippen LogP contribution in [0.15, 0.2) is 0 Å². The van der Waals surface area contributed by atoms with Crippen LogP contribution in [-0.4, -0.2) is 36.5 Å². The van der Waals surface area contributed by atoms with Gasteiger partial charge in [-0.2, -0.15) is 0 Å². The van der Waals surface area contributed by atoms with Crippen LogP contribution in [0, 0.1) is 5.92 Å². The van der Waals surface area contributed by atoms with Crippen LogP contribution in [-0.2, 0) is 4.74 Å². The lowest BCUT2D eigenvalue weighted by molar-refractivity contribution is -0.00309. The molecule has 15 heavy (non-hydrogen) atoms. The van der Waals surface area contributed by atoms with Crippen molar-refractivity contribution in [3.63, 3.8) is 0 Å². The van der Waals surface area contributed by atoms with Crippen molar-refractivity contribution in [3.8, 4) is 0 Å². The van der Waals surface area contributed by atoms with E-state index in [1.54, 1.807) is 0 Å². The fraction of sp³-hybridized carbons (Fsp3) is 1.00. The van der Waals surface area contributed by atoms with E-state index in [0.717, 1.165) is 13.0 Å². The molecule has 0 aliphatic heterocycles. The summed E-state index contributed by atoms with van der Waals surface area (Å²) >= 11 is 0. The highest BCUT2D eigenvalue weighted by molar-refractivity contribution is 4.81. The van der Waals surface area contributed by atoms with Gasteiger partial charge < -0.3 is 15.2 Å². The average molecular weight is 217 g/mol. The number of hydrogen-bond acceptors (Lipinski definition) is 3. The van der Waals surface area contributed by atoms with Crippen LogP contribution < -0.4 is 5.32 Å². The summed E-state index contributed by atoms with van der Waals surface area (Å²) < 4.78 is 5.74. The van der Waals surface area contributed by atoms with E-state index in [1.807, 2.05) is 13.8 Å². The van der Waals surface area contributed by atoms with Gasteiger partial charge in [-0.3, -0.25) is 0 Å². The molecule has 0 radical (unpaired) electrons. The Kier molecular flexibility index (Phi) is 7.14. The topological polar surface area (TPSA) is 41.5 Å². The first-order valence-corrected chi connectivity index (χ1v) is 5.91. The van der Waals surface area contributed by atoms with Gasteiger partial charge in [0.2, 0.25) is 0 Å². The monoisotopic (exact) mass is 217 g/mol. The molecular formula is C12H27NO2. The standard InChI is InChI=1S/C12H27NO2/c1-6-13-12(5,8-14)9-15-11(4)7-10(2)3/h10-11,13-14H,6-9H2,1-5H3. The fourth-order valence-corrected chi connectivity index (χ4v) is 1.64. The third kappa shape index (κ3) is 6.88. The normalized spacial score (nSPS) is 17.8. The Balaban J connectivity index is 3.88. The quantitative estimate of drug-likeness (QED) is 0.651. The van der Waals surface area contributed by atoms with Crippen molar-refractivity contribution >= 4 is 0 Å². The van der Waals surface area contributed by atoms with Crippen LogP contribution in [0.5, 0.6) is 0 Å². The molecule has 0 rings (SSSR count). The van der Waals surface area contributed by atoms with Crippen molar-refractivity contribution in [1.82, 2.24) is 5.32 Å². The Morgan fingerprint density at radius 3 is 2.33 bits per heavy atom. The molecule has 3 nitrogen and oxygen atoms in total. The largest absolute Gasteiger partial charge is 0.394 e. The molecule has 0 saturated heterocycles. The molecule has 0 aliphatic carbocycles. The van der Waals surface area contributed by atoms with E-state index in [2.05, 4.69) is 26.1 Å². The Hall–Kier alpha value is -0.120. The summed E-state index contributed by atoms with van der Waals surface area (Å²) in [5, 5.41) is 12.5. The summed E-state index contributed by atoms with van der Waals surface area (Å²) in [4.78, 5) is 0. The first-order chi connectivity index (χ1) is 6.93. The molecule has 2 N–H and O–H groups in total. The highest BCUT2D eigenvalue weighted by atomic mass is 16.5. The van der Waals surface area contributed by atoms with Crippen molar-refractivity contribution in [2.75, 3.05) is 19.8 Å². The highest BCUT2D eigenvalue weighted by Gasteiger charge is 2.23. The van der Waals surface area contributed by atoms with Gasteiger partial charge >= 0.3 is 0 Å². The number of ether oxygens (including phenoxy) is 1. The van der Waals surface area contributed by atoms with Crippen LogP contribution in [0.25, 0.3) is 0 Å². The molecule has 0 spiro atoms. The molecule has 2 atom stereocenters. The van der Waals surface area contributed by atoms with E-state index < -0.39 is 0 Å². The summed E-state index contributed by atoms with van der Waals surface area (Å²) in [6.07, 6.45) is 1.32. The second kappa shape index (κ2) is 7.20. The molecule has 0 heterocycles. The average Bonchev–Trinajstić information content (AvgIpc) is 2.14. The van der Waals surface area contributed by atoms with Crippen molar-refractivity contribution in [2.24, 2.45) is 5.92 Å². The molecule has 0 amide bonds. The van der Waals surface area contributed by atoms with E-state index in [0.29, 0.717) is 12.5 Å². The van der Waals surface area contributed by atoms with Gasteiger partial charge in [-0.05, 0) is 32.7 Å². The third-order valence-corrected chi connectivity index (χ3v) is 2.44. The lowest BCUT2D eigenvalue weighted by Crippen LogP contribution is -2.50. The summed E-state index contributed by atoms with van der Waals surface area (Å²) in [6, 6.07) is 0. The zero-order chi connectivity index (χ0) is 11.9. The molecule has 0 aromatic carbocycles. The lowest BCUT2D eigenvalue weighted by Gasteiger charge is -2.30. The van der Waals surface area contributed by atoms with Crippen LogP contribution in [0.1, 0.15) is 41.0 Å². The summed E-state index contributed by atoms with van der Waals surface area (Å²) in [5.74, 6) is 0.652. The Morgan fingerprint density at radius 2 is 1.93 bits per heavy atom. The van der Waals surface area contributed by atoms with Crippen molar-refractivity contribution in [3.05, 3.63) is 0 Å². The Bertz CT molecular complexity index is 162. The second-order valence-corrected chi connectivity index (χ2v) is 5.00. The second-order valence-electron chi connectivity index (χ2n) is 5.00. The number of aliphatic hydroxyl groups excluding tert-OH is 1. The minimum Gasteiger partial charge on any atom is -0.394 e. The summed E-state index contributed by atoms with van der Waals surface area (Å²) in [7, 11) is 0. The fourth-order valence-electron chi connectivity index (χ4n) is 1.64. The maximum atomic E-state index is 9.27. The molecule has 3 heteroatoms. The Morgan fingerprint density at radius 1 is 1.33 bits per heavy atom. The summed E-state index contributed by atoms with van der Waals surface area (Å²) in [5.41, 5.74) is -0.306. The lowest BCUT2D eigenvalue weighted by atomic mass is 10.0. The summed E-state index contributed by atoms with van der Waals surface area (Å²) in [6.45, 7) is 12.0. The molecule has 92 valence electrons. The molecule has 0 fully saturated rings. The molecule has 0 aromatic rings. The van der Waals surface area contributed by atoms with Crippen molar-refractivity contribution in [1.29, 1.82) is 0 Å². The van der Waals surface area contributed by atoms with Crippen LogP contribution in [0.4, 0.5) is 0 Å². The zero-order valence-corrected chi connectivity index (χ0v) is 10.8.